The van der Waals surface area contributed by atoms with Gasteiger partial charge in [-0.15, -0.1) is 0 Å². The summed E-state index contributed by atoms with van der Waals surface area (Å²) in [5.41, 5.74) is 0. The lowest BCUT2D eigenvalue weighted by Crippen LogP contribution is -2.42. The van der Waals surface area contributed by atoms with E-state index in [1.165, 1.54) is 12.8 Å². The van der Waals surface area contributed by atoms with Crippen LogP contribution in [0.3, 0.4) is 0 Å². The molecular weight excluding hydrogens is 204 g/mol. The van der Waals surface area contributed by atoms with Gasteiger partial charge in [-0.1, -0.05) is 0 Å². The maximum Gasteiger partial charge on any atom is 0.224 e. The van der Waals surface area contributed by atoms with Crippen LogP contribution >= 0.6 is 0 Å². The predicted molar refractivity (Wildman–Crippen MR) is 62.2 cm³/mol. The molecule has 1 N–H and O–H groups in total. The SMILES string of the molecule is CC(NCCC(=O)N1CCOCC1)C1CC1. The summed E-state index contributed by atoms with van der Waals surface area (Å²) in [6.45, 7) is 5.94. The highest BCUT2D eigenvalue weighted by Crippen LogP contribution is 2.32. The Balaban J connectivity index is 1.59. The molecule has 0 bridgehead atoms. The Bertz CT molecular complexity index is 235. The lowest BCUT2D eigenvalue weighted by atomic mass is 10.2. The van der Waals surface area contributed by atoms with Gasteiger partial charge in [-0.25, -0.2) is 0 Å². The van der Waals surface area contributed by atoms with Gasteiger partial charge in [0.2, 0.25) is 5.91 Å². The number of morpholine rings is 1. The maximum atomic E-state index is 11.8. The number of carbonyl (C=O) groups is 1. The molecule has 1 unspecified atom stereocenters. The molecule has 16 heavy (non-hydrogen) atoms. The number of hydrogen-bond acceptors (Lipinski definition) is 3. The van der Waals surface area contributed by atoms with Crippen LogP contribution in [0.1, 0.15) is 26.2 Å². The van der Waals surface area contributed by atoms with E-state index in [1.54, 1.807) is 0 Å². The van der Waals surface area contributed by atoms with Crippen molar-refractivity contribution in [2.24, 2.45) is 5.92 Å². The highest BCUT2D eigenvalue weighted by molar-refractivity contribution is 5.76. The molecule has 0 aromatic rings. The molecule has 92 valence electrons. The largest absolute Gasteiger partial charge is 0.378 e. The minimum absolute atomic E-state index is 0.263. The van der Waals surface area contributed by atoms with E-state index in [9.17, 15) is 4.79 Å². The molecule has 0 radical (unpaired) electrons. The molecule has 0 aromatic heterocycles. The van der Waals surface area contributed by atoms with Crippen LogP contribution in [0.4, 0.5) is 0 Å². The Morgan fingerprint density at radius 3 is 2.75 bits per heavy atom. The number of rotatable bonds is 5. The normalized spacial score (nSPS) is 23.2. The summed E-state index contributed by atoms with van der Waals surface area (Å²) in [6.07, 6.45) is 3.33. The van der Waals surface area contributed by atoms with Gasteiger partial charge in [0.05, 0.1) is 13.2 Å². The summed E-state index contributed by atoms with van der Waals surface area (Å²) in [5, 5.41) is 3.44. The fraction of sp³-hybridized carbons (Fsp3) is 0.917. The van der Waals surface area contributed by atoms with Gasteiger partial charge in [0, 0.05) is 32.1 Å². The summed E-state index contributed by atoms with van der Waals surface area (Å²) in [7, 11) is 0. The number of hydrogen-bond donors (Lipinski definition) is 1. The lowest BCUT2D eigenvalue weighted by molar-refractivity contribution is -0.135. The zero-order valence-corrected chi connectivity index (χ0v) is 10.1. The minimum Gasteiger partial charge on any atom is -0.378 e. The maximum absolute atomic E-state index is 11.8. The van der Waals surface area contributed by atoms with E-state index < -0.39 is 0 Å². The minimum atomic E-state index is 0.263. The molecule has 1 saturated carbocycles. The van der Waals surface area contributed by atoms with Crippen molar-refractivity contribution in [3.05, 3.63) is 0 Å². The van der Waals surface area contributed by atoms with Crippen molar-refractivity contribution >= 4 is 5.91 Å². The van der Waals surface area contributed by atoms with Crippen molar-refractivity contribution in [3.8, 4) is 0 Å². The summed E-state index contributed by atoms with van der Waals surface area (Å²) >= 11 is 0. The third kappa shape index (κ3) is 3.46. The summed E-state index contributed by atoms with van der Waals surface area (Å²) in [5.74, 6) is 1.12. The Labute approximate surface area is 97.3 Å². The van der Waals surface area contributed by atoms with Crippen molar-refractivity contribution in [1.29, 1.82) is 0 Å². The topological polar surface area (TPSA) is 41.6 Å². The molecule has 2 fully saturated rings. The quantitative estimate of drug-likeness (QED) is 0.747. The third-order valence-electron chi connectivity index (χ3n) is 3.50. The van der Waals surface area contributed by atoms with Crippen LogP contribution in [-0.4, -0.2) is 49.7 Å². The molecule has 1 amide bonds. The Hall–Kier alpha value is -0.610. The molecule has 1 aliphatic heterocycles. The number of nitrogens with zero attached hydrogens (tertiary/aromatic N) is 1. The van der Waals surface area contributed by atoms with Crippen molar-refractivity contribution in [2.45, 2.75) is 32.2 Å². The second kappa shape index (κ2) is 5.64. The van der Waals surface area contributed by atoms with Gasteiger partial charge >= 0.3 is 0 Å². The lowest BCUT2D eigenvalue weighted by Gasteiger charge is -2.27. The molecule has 0 aromatic carbocycles. The van der Waals surface area contributed by atoms with E-state index in [4.69, 9.17) is 4.74 Å². The molecule has 2 rings (SSSR count). The molecule has 4 nitrogen and oxygen atoms in total. The van der Waals surface area contributed by atoms with Crippen LogP contribution in [0.15, 0.2) is 0 Å². The van der Waals surface area contributed by atoms with Crippen molar-refractivity contribution in [1.82, 2.24) is 10.2 Å². The van der Waals surface area contributed by atoms with Gasteiger partial charge in [0.1, 0.15) is 0 Å². The van der Waals surface area contributed by atoms with E-state index in [0.29, 0.717) is 25.7 Å². The number of ether oxygens (including phenoxy) is 1. The van der Waals surface area contributed by atoms with Gasteiger partial charge in [0.15, 0.2) is 0 Å². The van der Waals surface area contributed by atoms with Crippen LogP contribution in [0, 0.1) is 5.92 Å². The molecule has 4 heteroatoms. The van der Waals surface area contributed by atoms with E-state index in [-0.39, 0.29) is 5.91 Å². The number of carbonyl (C=O) groups excluding carboxylic acids is 1. The first-order valence-electron chi connectivity index (χ1n) is 6.36. The average Bonchev–Trinajstić information content (AvgIpc) is 3.14. The molecule has 2 aliphatic rings. The van der Waals surface area contributed by atoms with Gasteiger partial charge in [-0.05, 0) is 25.7 Å². The smallest absolute Gasteiger partial charge is 0.224 e. The van der Waals surface area contributed by atoms with Gasteiger partial charge in [-0.3, -0.25) is 4.79 Å². The first kappa shape index (κ1) is 11.9. The molecule has 1 aliphatic carbocycles. The van der Waals surface area contributed by atoms with Gasteiger partial charge in [0.25, 0.3) is 0 Å². The fourth-order valence-corrected chi connectivity index (χ4v) is 2.14. The molecule has 1 saturated heterocycles. The third-order valence-corrected chi connectivity index (χ3v) is 3.50. The summed E-state index contributed by atoms with van der Waals surface area (Å²) < 4.78 is 5.22. The first-order valence-corrected chi connectivity index (χ1v) is 6.36. The summed E-state index contributed by atoms with van der Waals surface area (Å²) in [4.78, 5) is 13.7. The van der Waals surface area contributed by atoms with Gasteiger partial charge < -0.3 is 15.0 Å². The van der Waals surface area contributed by atoms with Crippen LogP contribution in [0.25, 0.3) is 0 Å². The van der Waals surface area contributed by atoms with E-state index >= 15 is 0 Å². The first-order chi connectivity index (χ1) is 7.77. The van der Waals surface area contributed by atoms with Crippen LogP contribution in [-0.2, 0) is 9.53 Å². The van der Waals surface area contributed by atoms with E-state index in [1.807, 2.05) is 4.90 Å². The Morgan fingerprint density at radius 2 is 2.12 bits per heavy atom. The predicted octanol–water partition coefficient (Wildman–Crippen LogP) is 0.623. The molecule has 1 heterocycles. The second-order valence-electron chi connectivity index (χ2n) is 4.82. The number of amides is 1. The Morgan fingerprint density at radius 1 is 1.44 bits per heavy atom. The molecular formula is C12H22N2O2. The van der Waals surface area contributed by atoms with Crippen LogP contribution < -0.4 is 5.32 Å². The zero-order valence-electron chi connectivity index (χ0n) is 10.1. The Kier molecular flexibility index (Phi) is 4.18. The molecule has 0 spiro atoms. The van der Waals surface area contributed by atoms with E-state index in [0.717, 1.165) is 25.6 Å². The summed E-state index contributed by atoms with van der Waals surface area (Å²) in [6, 6.07) is 0.581. The molecule has 1 atom stereocenters. The van der Waals surface area contributed by atoms with Crippen molar-refractivity contribution in [2.75, 3.05) is 32.8 Å². The second-order valence-corrected chi connectivity index (χ2v) is 4.82. The zero-order chi connectivity index (χ0) is 11.4. The number of nitrogens with one attached hydrogen (secondary N) is 1. The average molecular weight is 226 g/mol. The van der Waals surface area contributed by atoms with Crippen LogP contribution in [0.5, 0.6) is 0 Å². The highest BCUT2D eigenvalue weighted by Gasteiger charge is 2.27. The van der Waals surface area contributed by atoms with Crippen molar-refractivity contribution < 1.29 is 9.53 Å². The van der Waals surface area contributed by atoms with Crippen LogP contribution in [0.2, 0.25) is 0 Å². The van der Waals surface area contributed by atoms with E-state index in [2.05, 4.69) is 12.2 Å². The standard InChI is InChI=1S/C12H22N2O2/c1-10(11-2-3-11)13-5-4-12(15)14-6-8-16-9-7-14/h10-11,13H,2-9H2,1H3. The monoisotopic (exact) mass is 226 g/mol. The van der Waals surface area contributed by atoms with Gasteiger partial charge in [-0.2, -0.15) is 0 Å². The fourth-order valence-electron chi connectivity index (χ4n) is 2.14. The van der Waals surface area contributed by atoms with Crippen molar-refractivity contribution in [3.63, 3.8) is 0 Å². The highest BCUT2D eigenvalue weighted by atomic mass is 16.5.